The molecule has 124 valence electrons. The second kappa shape index (κ2) is 6.29. The van der Waals surface area contributed by atoms with E-state index in [9.17, 15) is 9.90 Å². The predicted octanol–water partition coefficient (Wildman–Crippen LogP) is 3.73. The average Bonchev–Trinajstić information content (AvgIpc) is 2.76. The normalized spacial score (nSPS) is 27.6. The number of halogens is 1. The molecule has 0 bridgehead atoms. The Morgan fingerprint density at radius 3 is 2.74 bits per heavy atom. The molecule has 3 rings (SSSR count). The Labute approximate surface area is 145 Å². The van der Waals surface area contributed by atoms with E-state index in [4.69, 9.17) is 4.74 Å². The molecule has 23 heavy (non-hydrogen) atoms. The van der Waals surface area contributed by atoms with Crippen LogP contribution in [0.4, 0.5) is 0 Å². The van der Waals surface area contributed by atoms with E-state index < -0.39 is 5.54 Å². The zero-order valence-electron chi connectivity index (χ0n) is 13.5. The van der Waals surface area contributed by atoms with Gasteiger partial charge >= 0.3 is 0 Å². The lowest BCUT2D eigenvalue weighted by Crippen LogP contribution is -2.47. The first-order valence-electron chi connectivity index (χ1n) is 7.98. The van der Waals surface area contributed by atoms with E-state index in [0.717, 1.165) is 47.9 Å². The second-order valence-corrected chi connectivity index (χ2v) is 7.53. The number of ether oxygens (including phenoxy) is 1. The first-order chi connectivity index (χ1) is 11.0. The molecular weight excluding hydrogens is 358 g/mol. The van der Waals surface area contributed by atoms with E-state index in [1.54, 1.807) is 7.11 Å². The van der Waals surface area contributed by atoms with Gasteiger partial charge in [-0.05, 0) is 61.8 Å². The summed E-state index contributed by atoms with van der Waals surface area (Å²) in [6.07, 6.45) is 3.41. The van der Waals surface area contributed by atoms with Crippen LogP contribution in [0.2, 0.25) is 0 Å². The monoisotopic (exact) mass is 379 g/mol. The van der Waals surface area contributed by atoms with Gasteiger partial charge < -0.3 is 15.2 Å². The van der Waals surface area contributed by atoms with Crippen LogP contribution in [0.5, 0.6) is 0 Å². The van der Waals surface area contributed by atoms with Crippen molar-refractivity contribution in [2.75, 3.05) is 13.7 Å². The van der Waals surface area contributed by atoms with E-state index in [2.05, 4.69) is 21.2 Å². The quantitative estimate of drug-likeness (QED) is 0.840. The molecule has 1 saturated carbocycles. The number of methoxy groups -OCH3 is 1. The Hall–Kier alpha value is -1.33. The maximum absolute atomic E-state index is 12.6. The Balaban J connectivity index is 1.94. The zero-order chi connectivity index (χ0) is 16.6. The van der Waals surface area contributed by atoms with Gasteiger partial charge in [0.05, 0.1) is 11.1 Å². The minimum atomic E-state index is -0.592. The smallest absolute Gasteiger partial charge is 0.256 e. The number of rotatable bonds is 3. The van der Waals surface area contributed by atoms with Crippen molar-refractivity contribution in [3.8, 4) is 0 Å². The summed E-state index contributed by atoms with van der Waals surface area (Å²) in [4.78, 5) is 12.6. The van der Waals surface area contributed by atoms with Crippen molar-refractivity contribution >= 4 is 27.4 Å². The molecule has 0 radical (unpaired) electrons. The van der Waals surface area contributed by atoms with Crippen molar-refractivity contribution in [2.24, 2.45) is 5.92 Å². The summed E-state index contributed by atoms with van der Waals surface area (Å²) >= 11 is 3.45. The predicted molar refractivity (Wildman–Crippen MR) is 93.1 cm³/mol. The highest BCUT2D eigenvalue weighted by Gasteiger charge is 2.47. The lowest BCUT2D eigenvalue weighted by atomic mass is 9.76. The molecule has 1 aliphatic carbocycles. The average molecular weight is 380 g/mol. The van der Waals surface area contributed by atoms with Gasteiger partial charge in [-0.25, -0.2) is 0 Å². The molecule has 4 nitrogen and oxygen atoms in total. The van der Waals surface area contributed by atoms with E-state index in [1.807, 2.05) is 25.1 Å². The summed E-state index contributed by atoms with van der Waals surface area (Å²) in [6, 6.07) is 5.79. The number of benzene rings is 1. The van der Waals surface area contributed by atoms with Gasteiger partial charge in [0.1, 0.15) is 5.76 Å². The minimum absolute atomic E-state index is 0.172. The van der Waals surface area contributed by atoms with Gasteiger partial charge in [-0.2, -0.15) is 0 Å². The fraction of sp³-hybridized carbons (Fsp3) is 0.500. The van der Waals surface area contributed by atoms with Crippen LogP contribution >= 0.6 is 15.9 Å². The lowest BCUT2D eigenvalue weighted by Gasteiger charge is -2.37. The van der Waals surface area contributed by atoms with Crippen LogP contribution in [-0.4, -0.2) is 30.3 Å². The number of carbonyl (C=O) groups excluding carboxylic acids is 1. The highest BCUT2D eigenvalue weighted by molar-refractivity contribution is 9.10. The van der Waals surface area contributed by atoms with Crippen molar-refractivity contribution in [3.05, 3.63) is 39.6 Å². The summed E-state index contributed by atoms with van der Waals surface area (Å²) in [5, 5.41) is 13.9. The molecule has 1 amide bonds. The third-order valence-corrected chi connectivity index (χ3v) is 5.59. The highest BCUT2D eigenvalue weighted by atomic mass is 79.9. The largest absolute Gasteiger partial charge is 0.509 e. The zero-order valence-corrected chi connectivity index (χ0v) is 15.1. The summed E-state index contributed by atoms with van der Waals surface area (Å²) in [6.45, 7) is 2.70. The van der Waals surface area contributed by atoms with Crippen LogP contribution in [0.25, 0.3) is 5.57 Å². The fourth-order valence-electron chi connectivity index (χ4n) is 3.73. The number of hydrogen-bond acceptors (Lipinski definition) is 3. The van der Waals surface area contributed by atoms with Gasteiger partial charge in [0.2, 0.25) is 0 Å². The summed E-state index contributed by atoms with van der Waals surface area (Å²) in [7, 11) is 1.72. The van der Waals surface area contributed by atoms with Crippen molar-refractivity contribution in [1.29, 1.82) is 0 Å². The molecule has 0 saturated heterocycles. The third-order valence-electron chi connectivity index (χ3n) is 5.10. The Bertz CT molecular complexity index is 660. The van der Waals surface area contributed by atoms with Gasteiger partial charge in [-0.15, -0.1) is 0 Å². The number of nitrogens with one attached hydrogen (secondary N) is 1. The number of carbonyl (C=O) groups is 1. The molecule has 1 fully saturated rings. The fourth-order valence-corrected chi connectivity index (χ4v) is 4.09. The Morgan fingerprint density at radius 1 is 1.39 bits per heavy atom. The Morgan fingerprint density at radius 2 is 2.09 bits per heavy atom. The topological polar surface area (TPSA) is 58.6 Å². The number of hydrogen-bond donors (Lipinski definition) is 2. The summed E-state index contributed by atoms with van der Waals surface area (Å²) in [5.41, 5.74) is 1.61. The lowest BCUT2D eigenvalue weighted by molar-refractivity contribution is -0.116. The SMILES string of the molecule is COCC1CCC2(CC1)NC(=O)C(c1cc(Br)ccc1C)=C2O. The number of aliphatic hydroxyl groups is 1. The Kier molecular flexibility index (Phi) is 4.52. The van der Waals surface area contributed by atoms with Crippen LogP contribution in [0.1, 0.15) is 36.8 Å². The number of aliphatic hydroxyl groups excluding tert-OH is 1. The van der Waals surface area contributed by atoms with Crippen molar-refractivity contribution < 1.29 is 14.6 Å². The van der Waals surface area contributed by atoms with Crippen LogP contribution in [0.3, 0.4) is 0 Å². The number of aryl methyl sites for hydroxylation is 1. The molecular formula is C18H22BrNO3. The molecule has 0 unspecified atom stereocenters. The molecule has 5 heteroatoms. The van der Waals surface area contributed by atoms with Crippen LogP contribution < -0.4 is 5.32 Å². The van der Waals surface area contributed by atoms with Crippen molar-refractivity contribution in [3.63, 3.8) is 0 Å². The molecule has 0 aromatic heterocycles. The van der Waals surface area contributed by atoms with E-state index >= 15 is 0 Å². The third kappa shape index (κ3) is 2.92. The molecule has 1 spiro atoms. The molecule has 1 aromatic carbocycles. The van der Waals surface area contributed by atoms with Gasteiger partial charge in [-0.3, -0.25) is 4.79 Å². The first kappa shape index (κ1) is 16.5. The van der Waals surface area contributed by atoms with Gasteiger partial charge in [0.25, 0.3) is 5.91 Å². The molecule has 1 aliphatic heterocycles. The molecule has 2 aliphatic rings. The first-order valence-corrected chi connectivity index (χ1v) is 8.78. The molecule has 2 N–H and O–H groups in total. The van der Waals surface area contributed by atoms with Crippen LogP contribution in [0, 0.1) is 12.8 Å². The maximum atomic E-state index is 12.6. The molecule has 1 aromatic rings. The van der Waals surface area contributed by atoms with E-state index in [0.29, 0.717) is 11.5 Å². The van der Waals surface area contributed by atoms with Crippen molar-refractivity contribution in [1.82, 2.24) is 5.32 Å². The van der Waals surface area contributed by atoms with Crippen molar-refractivity contribution in [2.45, 2.75) is 38.1 Å². The summed E-state index contributed by atoms with van der Waals surface area (Å²) < 4.78 is 6.13. The second-order valence-electron chi connectivity index (χ2n) is 6.62. The molecule has 0 atom stereocenters. The van der Waals surface area contributed by atoms with Crippen LogP contribution in [-0.2, 0) is 9.53 Å². The molecule has 1 heterocycles. The minimum Gasteiger partial charge on any atom is -0.509 e. The summed E-state index contributed by atoms with van der Waals surface area (Å²) in [5.74, 6) is 0.542. The van der Waals surface area contributed by atoms with Gasteiger partial charge in [0.15, 0.2) is 0 Å². The van der Waals surface area contributed by atoms with Crippen LogP contribution in [0.15, 0.2) is 28.4 Å². The van der Waals surface area contributed by atoms with E-state index in [1.165, 1.54) is 0 Å². The standard InChI is InChI=1S/C18H22BrNO3/c1-11-3-4-13(19)9-14(11)15-16(21)18(20-17(15)22)7-5-12(6-8-18)10-23-2/h3-4,9,12,21H,5-8,10H2,1-2H3,(H,20,22). The van der Waals surface area contributed by atoms with Gasteiger partial charge in [0, 0.05) is 18.2 Å². The number of amides is 1. The highest BCUT2D eigenvalue weighted by Crippen LogP contribution is 2.43. The van der Waals surface area contributed by atoms with E-state index in [-0.39, 0.29) is 11.7 Å². The van der Waals surface area contributed by atoms with Gasteiger partial charge in [-0.1, -0.05) is 22.0 Å². The maximum Gasteiger partial charge on any atom is 0.256 e.